The fourth-order valence-corrected chi connectivity index (χ4v) is 2.34. The molecule has 2 atom stereocenters. The van der Waals surface area contributed by atoms with E-state index in [9.17, 15) is 5.11 Å². The molecule has 2 unspecified atom stereocenters. The molecule has 1 heterocycles. The van der Waals surface area contributed by atoms with Crippen LogP contribution in [0.1, 0.15) is 37.9 Å². The second kappa shape index (κ2) is 5.07. The number of hydrogen-bond donors (Lipinski definition) is 1. The lowest BCUT2D eigenvalue weighted by molar-refractivity contribution is -0.138. The molecule has 1 fully saturated rings. The van der Waals surface area contributed by atoms with E-state index in [-0.39, 0.29) is 0 Å². The van der Waals surface area contributed by atoms with Gasteiger partial charge in [0.1, 0.15) is 11.9 Å². The number of aliphatic hydroxyl groups excluding tert-OH is 1. The lowest BCUT2D eigenvalue weighted by Crippen LogP contribution is -2.39. The van der Waals surface area contributed by atoms with Crippen LogP contribution in [0.3, 0.4) is 0 Å². The summed E-state index contributed by atoms with van der Waals surface area (Å²) in [5.41, 5.74) is 0.388. The Bertz CT molecular complexity index is 369. The number of hydrogen-bond acceptors (Lipinski definition) is 3. The Kier molecular flexibility index (Phi) is 3.69. The molecule has 3 nitrogen and oxygen atoms in total. The molecule has 0 spiro atoms. The van der Waals surface area contributed by atoms with E-state index in [0.717, 1.165) is 37.2 Å². The molecule has 0 radical (unpaired) electrons. The Morgan fingerprint density at radius 3 is 2.88 bits per heavy atom. The highest BCUT2D eigenvalue weighted by molar-refractivity contribution is 5.31. The van der Waals surface area contributed by atoms with Crippen LogP contribution >= 0.6 is 0 Å². The molecular weight excluding hydrogens is 216 g/mol. The van der Waals surface area contributed by atoms with E-state index in [1.165, 1.54) is 0 Å². The summed E-state index contributed by atoms with van der Waals surface area (Å²) in [6.45, 7) is 2.72. The topological polar surface area (TPSA) is 38.7 Å². The van der Waals surface area contributed by atoms with Crippen molar-refractivity contribution in [2.75, 3.05) is 13.7 Å². The van der Waals surface area contributed by atoms with E-state index < -0.39 is 11.7 Å². The molecule has 0 amide bonds. The smallest absolute Gasteiger partial charge is 0.119 e. The van der Waals surface area contributed by atoms with Crippen LogP contribution in [0, 0.1) is 0 Å². The predicted molar refractivity (Wildman–Crippen MR) is 66.2 cm³/mol. The van der Waals surface area contributed by atoms with E-state index in [0.29, 0.717) is 0 Å². The molecule has 1 saturated heterocycles. The van der Waals surface area contributed by atoms with Crippen LogP contribution in [0.5, 0.6) is 5.75 Å². The van der Waals surface area contributed by atoms with Crippen molar-refractivity contribution in [3.05, 3.63) is 29.8 Å². The summed E-state index contributed by atoms with van der Waals surface area (Å²) in [5.74, 6) is 0.765. The summed E-state index contributed by atoms with van der Waals surface area (Å²) in [6, 6.07) is 7.55. The van der Waals surface area contributed by atoms with Gasteiger partial charge in [-0.2, -0.15) is 0 Å². The standard InChI is InChI=1S/C14H20O3/c1-14(8-3-4-9-17-14)13(15)11-6-5-7-12(10-11)16-2/h5-7,10,13,15H,3-4,8-9H2,1-2H3. The molecule has 1 aliphatic heterocycles. The third kappa shape index (κ3) is 2.61. The minimum Gasteiger partial charge on any atom is -0.497 e. The van der Waals surface area contributed by atoms with Gasteiger partial charge in [0.15, 0.2) is 0 Å². The number of ether oxygens (including phenoxy) is 2. The SMILES string of the molecule is COc1cccc(C(O)C2(C)CCCCO2)c1. The number of rotatable bonds is 3. The minimum absolute atomic E-state index is 0.468. The van der Waals surface area contributed by atoms with Crippen molar-refractivity contribution in [3.63, 3.8) is 0 Å². The molecule has 1 N–H and O–H groups in total. The number of methoxy groups -OCH3 is 1. The zero-order valence-electron chi connectivity index (χ0n) is 10.5. The Morgan fingerprint density at radius 2 is 2.24 bits per heavy atom. The van der Waals surface area contributed by atoms with Crippen LogP contribution in [-0.4, -0.2) is 24.4 Å². The van der Waals surface area contributed by atoms with E-state index in [1.54, 1.807) is 7.11 Å². The molecule has 17 heavy (non-hydrogen) atoms. The lowest BCUT2D eigenvalue weighted by atomic mass is 9.86. The molecule has 0 bridgehead atoms. The Hall–Kier alpha value is -1.06. The van der Waals surface area contributed by atoms with Crippen molar-refractivity contribution in [2.45, 2.75) is 37.9 Å². The van der Waals surface area contributed by atoms with E-state index in [2.05, 4.69) is 0 Å². The van der Waals surface area contributed by atoms with Gasteiger partial charge in [-0.3, -0.25) is 0 Å². The van der Waals surface area contributed by atoms with Gasteiger partial charge in [0, 0.05) is 6.61 Å². The molecule has 2 rings (SSSR count). The summed E-state index contributed by atoms with van der Waals surface area (Å²) < 4.78 is 10.9. The van der Waals surface area contributed by atoms with Gasteiger partial charge >= 0.3 is 0 Å². The predicted octanol–water partition coefficient (Wildman–Crippen LogP) is 2.69. The van der Waals surface area contributed by atoms with Crippen molar-refractivity contribution < 1.29 is 14.6 Å². The first kappa shape index (κ1) is 12.4. The second-order valence-corrected chi connectivity index (χ2v) is 4.80. The first-order valence-corrected chi connectivity index (χ1v) is 6.12. The monoisotopic (exact) mass is 236 g/mol. The maximum atomic E-state index is 10.4. The zero-order valence-corrected chi connectivity index (χ0v) is 10.5. The second-order valence-electron chi connectivity index (χ2n) is 4.80. The van der Waals surface area contributed by atoms with Gasteiger partial charge in [0.05, 0.1) is 12.7 Å². The molecule has 1 aliphatic rings. The zero-order chi connectivity index (χ0) is 12.3. The van der Waals surface area contributed by atoms with Crippen molar-refractivity contribution in [3.8, 4) is 5.75 Å². The van der Waals surface area contributed by atoms with Gasteiger partial charge in [0.25, 0.3) is 0 Å². The van der Waals surface area contributed by atoms with Gasteiger partial charge in [-0.15, -0.1) is 0 Å². The Labute approximate surface area is 102 Å². The normalized spacial score (nSPS) is 26.5. The molecule has 1 aromatic carbocycles. The van der Waals surface area contributed by atoms with Crippen LogP contribution in [0.4, 0.5) is 0 Å². The molecule has 94 valence electrons. The summed E-state index contributed by atoms with van der Waals surface area (Å²) >= 11 is 0. The van der Waals surface area contributed by atoms with Crippen LogP contribution in [-0.2, 0) is 4.74 Å². The molecule has 1 aromatic rings. The number of benzene rings is 1. The van der Waals surface area contributed by atoms with Crippen LogP contribution in [0.15, 0.2) is 24.3 Å². The quantitative estimate of drug-likeness (QED) is 0.877. The van der Waals surface area contributed by atoms with Gasteiger partial charge in [-0.25, -0.2) is 0 Å². The van der Waals surface area contributed by atoms with Crippen molar-refractivity contribution in [2.24, 2.45) is 0 Å². The highest BCUT2D eigenvalue weighted by Gasteiger charge is 2.36. The fourth-order valence-electron chi connectivity index (χ4n) is 2.34. The molecular formula is C14H20O3. The van der Waals surface area contributed by atoms with Gasteiger partial charge in [-0.05, 0) is 43.9 Å². The van der Waals surface area contributed by atoms with Crippen LogP contribution in [0.25, 0.3) is 0 Å². The Balaban J connectivity index is 2.19. The van der Waals surface area contributed by atoms with Gasteiger partial charge in [-0.1, -0.05) is 12.1 Å². The number of aliphatic hydroxyl groups is 1. The van der Waals surface area contributed by atoms with Crippen LogP contribution < -0.4 is 4.74 Å². The highest BCUT2D eigenvalue weighted by atomic mass is 16.5. The first-order chi connectivity index (χ1) is 8.15. The third-order valence-electron chi connectivity index (χ3n) is 3.49. The molecule has 0 aliphatic carbocycles. The first-order valence-electron chi connectivity index (χ1n) is 6.12. The summed E-state index contributed by atoms with van der Waals surface area (Å²) in [5, 5.41) is 10.4. The summed E-state index contributed by atoms with van der Waals surface area (Å²) in [6.07, 6.45) is 2.49. The molecule has 0 aromatic heterocycles. The van der Waals surface area contributed by atoms with Crippen molar-refractivity contribution >= 4 is 0 Å². The van der Waals surface area contributed by atoms with E-state index in [4.69, 9.17) is 9.47 Å². The molecule has 0 saturated carbocycles. The van der Waals surface area contributed by atoms with Gasteiger partial charge < -0.3 is 14.6 Å². The summed E-state index contributed by atoms with van der Waals surface area (Å²) in [4.78, 5) is 0. The van der Waals surface area contributed by atoms with E-state index >= 15 is 0 Å². The fraction of sp³-hybridized carbons (Fsp3) is 0.571. The lowest BCUT2D eigenvalue weighted by Gasteiger charge is -2.38. The largest absolute Gasteiger partial charge is 0.497 e. The summed E-state index contributed by atoms with van der Waals surface area (Å²) in [7, 11) is 1.63. The maximum absolute atomic E-state index is 10.4. The highest BCUT2D eigenvalue weighted by Crippen LogP contribution is 2.37. The van der Waals surface area contributed by atoms with Crippen LogP contribution in [0.2, 0.25) is 0 Å². The van der Waals surface area contributed by atoms with E-state index in [1.807, 2.05) is 31.2 Å². The molecule has 3 heteroatoms. The third-order valence-corrected chi connectivity index (χ3v) is 3.49. The maximum Gasteiger partial charge on any atom is 0.119 e. The average molecular weight is 236 g/mol. The Morgan fingerprint density at radius 1 is 1.41 bits per heavy atom. The average Bonchev–Trinajstić information content (AvgIpc) is 2.39. The van der Waals surface area contributed by atoms with Crippen molar-refractivity contribution in [1.29, 1.82) is 0 Å². The van der Waals surface area contributed by atoms with Crippen molar-refractivity contribution in [1.82, 2.24) is 0 Å². The minimum atomic E-state index is -0.599. The van der Waals surface area contributed by atoms with Gasteiger partial charge in [0.2, 0.25) is 0 Å².